The van der Waals surface area contributed by atoms with Gasteiger partial charge in [0.05, 0.1) is 12.2 Å². The second-order valence-corrected chi connectivity index (χ2v) is 6.20. The summed E-state index contributed by atoms with van der Waals surface area (Å²) >= 11 is 0. The number of nitrogens with zero attached hydrogens (tertiary/aromatic N) is 1. The molecular weight excluding hydrogens is 244 g/mol. The van der Waals surface area contributed by atoms with E-state index in [1.54, 1.807) is 6.92 Å². The molecule has 0 radical (unpaired) electrons. The number of carboxylic acid groups (broad SMARTS) is 1. The number of morpholine rings is 1. The number of aliphatic carboxylic acids is 1. The summed E-state index contributed by atoms with van der Waals surface area (Å²) in [6.07, 6.45) is 1.04. The second kappa shape index (κ2) is 6.68. The Labute approximate surface area is 116 Å². The summed E-state index contributed by atoms with van der Waals surface area (Å²) in [7, 11) is 0. The van der Waals surface area contributed by atoms with Crippen LogP contribution in [0.15, 0.2) is 0 Å². The van der Waals surface area contributed by atoms with Crippen molar-refractivity contribution in [3.05, 3.63) is 0 Å². The standard InChI is InChI=1S/C14H28N2O3/c1-10(2)15-14(5,13(17)18)6-7-16-8-11(3)19-12(4)9-16/h10-12,15H,6-9H2,1-5H3,(H,17,18). The zero-order valence-electron chi connectivity index (χ0n) is 12.8. The molecule has 0 amide bonds. The molecule has 1 saturated heterocycles. The number of ether oxygens (including phenoxy) is 1. The molecule has 3 atom stereocenters. The van der Waals surface area contributed by atoms with Crippen molar-refractivity contribution in [2.45, 2.75) is 64.8 Å². The summed E-state index contributed by atoms with van der Waals surface area (Å²) in [6, 6.07) is 0.156. The van der Waals surface area contributed by atoms with Crippen molar-refractivity contribution in [2.24, 2.45) is 0 Å². The molecule has 0 aromatic heterocycles. The fourth-order valence-electron chi connectivity index (χ4n) is 2.73. The van der Waals surface area contributed by atoms with Crippen molar-refractivity contribution in [3.8, 4) is 0 Å². The number of hydrogen-bond donors (Lipinski definition) is 2. The largest absolute Gasteiger partial charge is 0.480 e. The van der Waals surface area contributed by atoms with Crippen LogP contribution >= 0.6 is 0 Å². The lowest BCUT2D eigenvalue weighted by atomic mass is 9.96. The van der Waals surface area contributed by atoms with Gasteiger partial charge in [-0.3, -0.25) is 15.0 Å². The number of hydrogen-bond acceptors (Lipinski definition) is 4. The third-order valence-electron chi connectivity index (χ3n) is 3.50. The Morgan fingerprint density at radius 1 is 1.42 bits per heavy atom. The van der Waals surface area contributed by atoms with Gasteiger partial charge in [0.2, 0.25) is 0 Å². The average Bonchev–Trinajstić information content (AvgIpc) is 2.24. The van der Waals surface area contributed by atoms with Crippen LogP contribution in [-0.4, -0.2) is 59.4 Å². The zero-order valence-corrected chi connectivity index (χ0v) is 12.8. The lowest BCUT2D eigenvalue weighted by Gasteiger charge is -2.37. The highest BCUT2D eigenvalue weighted by atomic mass is 16.5. The third-order valence-corrected chi connectivity index (χ3v) is 3.50. The van der Waals surface area contributed by atoms with Crippen LogP contribution in [0.3, 0.4) is 0 Å². The maximum atomic E-state index is 11.5. The lowest BCUT2D eigenvalue weighted by molar-refractivity contribution is -0.145. The van der Waals surface area contributed by atoms with E-state index in [4.69, 9.17) is 4.74 Å². The summed E-state index contributed by atoms with van der Waals surface area (Å²) < 4.78 is 5.69. The highest BCUT2D eigenvalue weighted by Gasteiger charge is 2.34. The van der Waals surface area contributed by atoms with Crippen molar-refractivity contribution in [1.29, 1.82) is 0 Å². The SMILES string of the molecule is CC(C)NC(C)(CCN1CC(C)OC(C)C1)C(=O)O. The van der Waals surface area contributed by atoms with Crippen molar-refractivity contribution >= 4 is 5.97 Å². The molecule has 0 bridgehead atoms. The third kappa shape index (κ3) is 5.09. The summed E-state index contributed by atoms with van der Waals surface area (Å²) in [6.45, 7) is 12.4. The molecule has 0 aromatic rings. The van der Waals surface area contributed by atoms with E-state index >= 15 is 0 Å². The molecule has 3 unspecified atom stereocenters. The predicted octanol–water partition coefficient (Wildman–Crippen LogP) is 1.33. The van der Waals surface area contributed by atoms with Gasteiger partial charge in [-0.1, -0.05) is 0 Å². The fraction of sp³-hybridized carbons (Fsp3) is 0.929. The van der Waals surface area contributed by atoms with Gasteiger partial charge in [-0.15, -0.1) is 0 Å². The van der Waals surface area contributed by atoms with Gasteiger partial charge in [-0.25, -0.2) is 0 Å². The number of nitrogens with one attached hydrogen (secondary N) is 1. The first kappa shape index (κ1) is 16.4. The molecule has 1 heterocycles. The first-order valence-electron chi connectivity index (χ1n) is 7.12. The van der Waals surface area contributed by atoms with E-state index in [2.05, 4.69) is 24.1 Å². The van der Waals surface area contributed by atoms with Crippen molar-refractivity contribution in [1.82, 2.24) is 10.2 Å². The number of rotatable bonds is 6. The van der Waals surface area contributed by atoms with E-state index in [0.717, 1.165) is 19.6 Å². The highest BCUT2D eigenvalue weighted by Crippen LogP contribution is 2.16. The van der Waals surface area contributed by atoms with Gasteiger partial charge in [0.25, 0.3) is 0 Å². The summed E-state index contributed by atoms with van der Waals surface area (Å²) in [5.74, 6) is -0.782. The minimum atomic E-state index is -0.862. The molecule has 0 aromatic carbocycles. The molecule has 0 spiro atoms. The summed E-state index contributed by atoms with van der Waals surface area (Å²) in [5.41, 5.74) is -0.862. The summed E-state index contributed by atoms with van der Waals surface area (Å²) in [4.78, 5) is 13.7. The van der Waals surface area contributed by atoms with Gasteiger partial charge in [0, 0.05) is 25.7 Å². The zero-order chi connectivity index (χ0) is 14.6. The molecule has 1 fully saturated rings. The van der Waals surface area contributed by atoms with Gasteiger partial charge in [0.1, 0.15) is 5.54 Å². The first-order valence-corrected chi connectivity index (χ1v) is 7.12. The van der Waals surface area contributed by atoms with Gasteiger partial charge in [0.15, 0.2) is 0 Å². The Kier molecular flexibility index (Phi) is 5.77. The normalized spacial score (nSPS) is 28.3. The Morgan fingerprint density at radius 3 is 2.37 bits per heavy atom. The van der Waals surface area contributed by atoms with E-state index in [1.807, 2.05) is 13.8 Å². The predicted molar refractivity (Wildman–Crippen MR) is 75.4 cm³/mol. The van der Waals surface area contributed by atoms with Crippen LogP contribution in [0.2, 0.25) is 0 Å². The molecular formula is C14H28N2O3. The van der Waals surface area contributed by atoms with Crippen molar-refractivity contribution in [3.63, 3.8) is 0 Å². The van der Waals surface area contributed by atoms with E-state index < -0.39 is 11.5 Å². The Morgan fingerprint density at radius 2 is 1.95 bits per heavy atom. The molecule has 1 rings (SSSR count). The molecule has 1 aliphatic rings. The Bertz CT molecular complexity index is 299. The van der Waals surface area contributed by atoms with Gasteiger partial charge in [-0.2, -0.15) is 0 Å². The van der Waals surface area contributed by atoms with Gasteiger partial charge < -0.3 is 9.84 Å². The molecule has 19 heavy (non-hydrogen) atoms. The minimum Gasteiger partial charge on any atom is -0.480 e. The van der Waals surface area contributed by atoms with Gasteiger partial charge >= 0.3 is 5.97 Å². The maximum Gasteiger partial charge on any atom is 0.323 e. The number of carboxylic acids is 1. The van der Waals surface area contributed by atoms with Crippen LogP contribution in [0, 0.1) is 0 Å². The topological polar surface area (TPSA) is 61.8 Å². The van der Waals surface area contributed by atoms with E-state index in [9.17, 15) is 9.90 Å². The van der Waals surface area contributed by atoms with Gasteiger partial charge in [-0.05, 0) is 41.0 Å². The molecule has 1 aliphatic heterocycles. The van der Waals surface area contributed by atoms with Crippen LogP contribution in [-0.2, 0) is 9.53 Å². The van der Waals surface area contributed by atoms with Crippen LogP contribution < -0.4 is 5.32 Å². The average molecular weight is 272 g/mol. The monoisotopic (exact) mass is 272 g/mol. The second-order valence-electron chi connectivity index (χ2n) is 6.20. The molecule has 2 N–H and O–H groups in total. The van der Waals surface area contributed by atoms with E-state index in [0.29, 0.717) is 6.42 Å². The summed E-state index contributed by atoms with van der Waals surface area (Å²) in [5, 5.41) is 12.6. The van der Waals surface area contributed by atoms with E-state index in [-0.39, 0.29) is 18.2 Å². The smallest absolute Gasteiger partial charge is 0.323 e. The van der Waals surface area contributed by atoms with Crippen molar-refractivity contribution < 1.29 is 14.6 Å². The van der Waals surface area contributed by atoms with Crippen LogP contribution in [0.25, 0.3) is 0 Å². The quantitative estimate of drug-likeness (QED) is 0.764. The first-order chi connectivity index (χ1) is 8.73. The molecule has 112 valence electrons. The molecule has 0 saturated carbocycles. The van der Waals surface area contributed by atoms with Crippen LogP contribution in [0.1, 0.15) is 41.0 Å². The molecule has 5 heteroatoms. The van der Waals surface area contributed by atoms with Crippen LogP contribution in [0.5, 0.6) is 0 Å². The highest BCUT2D eigenvalue weighted by molar-refractivity contribution is 5.78. The molecule has 0 aliphatic carbocycles. The Balaban J connectivity index is 2.54. The minimum absolute atomic E-state index is 0.156. The van der Waals surface area contributed by atoms with Crippen LogP contribution in [0.4, 0.5) is 0 Å². The maximum absolute atomic E-state index is 11.5. The fourth-order valence-corrected chi connectivity index (χ4v) is 2.73. The lowest BCUT2D eigenvalue weighted by Crippen LogP contribution is -2.55. The van der Waals surface area contributed by atoms with E-state index in [1.165, 1.54) is 0 Å². The number of carbonyl (C=O) groups is 1. The molecule has 5 nitrogen and oxygen atoms in total. The Hall–Kier alpha value is -0.650. The van der Waals surface area contributed by atoms with Crippen molar-refractivity contribution in [2.75, 3.05) is 19.6 Å².